The summed E-state index contributed by atoms with van der Waals surface area (Å²) in [7, 11) is 0. The number of rotatable bonds is 1. The van der Waals surface area contributed by atoms with Crippen molar-refractivity contribution in [2.45, 2.75) is 0 Å². The van der Waals surface area contributed by atoms with Crippen LogP contribution < -0.4 is 0 Å². The van der Waals surface area contributed by atoms with E-state index in [0.29, 0.717) is 0 Å². The lowest BCUT2D eigenvalue weighted by atomic mass is 10.2. The van der Waals surface area contributed by atoms with Crippen molar-refractivity contribution in [3.63, 3.8) is 0 Å². The zero-order chi connectivity index (χ0) is 13.5. The Kier molecular flexibility index (Phi) is 2.64. The highest BCUT2D eigenvalue weighted by atomic mass is 79.9. The third-order valence-corrected chi connectivity index (χ3v) is 4.32. The number of nitrogens with zero attached hydrogens (tertiary/aromatic N) is 1. The molecule has 0 radical (unpaired) electrons. The molecule has 0 bridgehead atoms. The zero-order valence-corrected chi connectivity index (χ0v) is 12.3. The van der Waals surface area contributed by atoms with Crippen molar-refractivity contribution in [1.29, 1.82) is 0 Å². The summed E-state index contributed by atoms with van der Waals surface area (Å²) in [6.45, 7) is 0. The van der Waals surface area contributed by atoms with Gasteiger partial charge >= 0.3 is 0 Å². The smallest absolute Gasteiger partial charge is 0.0552 e. The van der Waals surface area contributed by atoms with Crippen LogP contribution in [0.2, 0.25) is 0 Å². The standard InChI is InChI=1S/C18H12BrN/c19-15-10-6-12-17-18(15)14-9-4-5-11-16(14)20(17)13-7-2-1-3-8-13/h1-12H. The topological polar surface area (TPSA) is 4.93 Å². The molecule has 4 aromatic rings. The summed E-state index contributed by atoms with van der Waals surface area (Å²) in [6, 6.07) is 25.4. The third kappa shape index (κ3) is 1.61. The van der Waals surface area contributed by atoms with Crippen LogP contribution in [0, 0.1) is 0 Å². The molecule has 20 heavy (non-hydrogen) atoms. The van der Waals surface area contributed by atoms with Crippen LogP contribution in [-0.2, 0) is 0 Å². The summed E-state index contributed by atoms with van der Waals surface area (Å²) in [5.41, 5.74) is 3.66. The summed E-state index contributed by atoms with van der Waals surface area (Å²) in [5.74, 6) is 0. The van der Waals surface area contributed by atoms with Crippen molar-refractivity contribution >= 4 is 37.7 Å². The lowest BCUT2D eigenvalue weighted by Crippen LogP contribution is -1.92. The molecule has 0 amide bonds. The summed E-state index contributed by atoms with van der Waals surface area (Å²) in [4.78, 5) is 0. The maximum Gasteiger partial charge on any atom is 0.0552 e. The second kappa shape index (κ2) is 4.50. The predicted octanol–water partition coefficient (Wildman–Crippen LogP) is 5.55. The van der Waals surface area contributed by atoms with Gasteiger partial charge in [-0.05, 0) is 30.3 Å². The lowest BCUT2D eigenvalue weighted by Gasteiger charge is -2.07. The molecule has 0 unspecified atom stereocenters. The van der Waals surface area contributed by atoms with Gasteiger partial charge in [-0.3, -0.25) is 0 Å². The van der Waals surface area contributed by atoms with Gasteiger partial charge < -0.3 is 4.57 Å². The molecule has 1 heterocycles. The molecule has 0 atom stereocenters. The molecule has 1 aromatic heterocycles. The molecule has 0 spiro atoms. The number of benzene rings is 3. The molecule has 2 heteroatoms. The number of hydrogen-bond donors (Lipinski definition) is 0. The van der Waals surface area contributed by atoms with Gasteiger partial charge in [-0.1, -0.05) is 58.4 Å². The first-order valence-electron chi connectivity index (χ1n) is 6.59. The Morgan fingerprint density at radius 3 is 2.20 bits per heavy atom. The fourth-order valence-electron chi connectivity index (χ4n) is 2.83. The average Bonchev–Trinajstić information content (AvgIpc) is 2.84. The summed E-state index contributed by atoms with van der Waals surface area (Å²) >= 11 is 3.69. The minimum Gasteiger partial charge on any atom is -0.309 e. The molecule has 0 aliphatic rings. The van der Waals surface area contributed by atoms with E-state index in [0.717, 1.165) is 4.47 Å². The first-order valence-corrected chi connectivity index (χ1v) is 7.38. The highest BCUT2D eigenvalue weighted by Crippen LogP contribution is 2.35. The molecular formula is C18H12BrN. The Morgan fingerprint density at radius 1 is 0.650 bits per heavy atom. The fourth-order valence-corrected chi connectivity index (χ4v) is 3.40. The van der Waals surface area contributed by atoms with Gasteiger partial charge in [0.25, 0.3) is 0 Å². The van der Waals surface area contributed by atoms with E-state index in [9.17, 15) is 0 Å². The van der Waals surface area contributed by atoms with Crippen LogP contribution in [0.4, 0.5) is 0 Å². The molecule has 1 nitrogen and oxygen atoms in total. The van der Waals surface area contributed by atoms with Crippen molar-refractivity contribution in [1.82, 2.24) is 4.57 Å². The van der Waals surface area contributed by atoms with E-state index in [-0.39, 0.29) is 0 Å². The number of halogens is 1. The van der Waals surface area contributed by atoms with E-state index in [1.165, 1.54) is 27.5 Å². The van der Waals surface area contributed by atoms with E-state index >= 15 is 0 Å². The van der Waals surface area contributed by atoms with Crippen LogP contribution in [0.5, 0.6) is 0 Å². The van der Waals surface area contributed by atoms with Gasteiger partial charge in [0, 0.05) is 20.9 Å². The van der Waals surface area contributed by atoms with Crippen molar-refractivity contribution < 1.29 is 0 Å². The molecule has 0 fully saturated rings. The largest absolute Gasteiger partial charge is 0.309 e. The Morgan fingerprint density at radius 2 is 1.35 bits per heavy atom. The van der Waals surface area contributed by atoms with Crippen LogP contribution in [0.1, 0.15) is 0 Å². The van der Waals surface area contributed by atoms with Crippen molar-refractivity contribution in [2.24, 2.45) is 0 Å². The molecule has 0 aliphatic carbocycles. The lowest BCUT2D eigenvalue weighted by molar-refractivity contribution is 1.18. The number of hydrogen-bond acceptors (Lipinski definition) is 0. The van der Waals surface area contributed by atoms with Crippen LogP contribution in [-0.4, -0.2) is 4.57 Å². The molecule has 4 rings (SSSR count). The van der Waals surface area contributed by atoms with Crippen molar-refractivity contribution in [3.8, 4) is 5.69 Å². The van der Waals surface area contributed by atoms with Crippen molar-refractivity contribution in [3.05, 3.63) is 77.3 Å². The first kappa shape index (κ1) is 11.7. The molecule has 0 saturated heterocycles. The first-order chi connectivity index (χ1) is 9.86. The SMILES string of the molecule is Brc1cccc2c1c1ccccc1n2-c1ccccc1. The van der Waals surface area contributed by atoms with Gasteiger partial charge in [-0.2, -0.15) is 0 Å². The normalized spacial score (nSPS) is 11.2. The number of para-hydroxylation sites is 2. The highest BCUT2D eigenvalue weighted by molar-refractivity contribution is 9.10. The zero-order valence-electron chi connectivity index (χ0n) is 10.8. The summed E-state index contributed by atoms with van der Waals surface area (Å²) in [5, 5.41) is 2.55. The van der Waals surface area contributed by atoms with Gasteiger partial charge in [0.1, 0.15) is 0 Å². The van der Waals surface area contributed by atoms with Crippen LogP contribution in [0.15, 0.2) is 77.3 Å². The van der Waals surface area contributed by atoms with Gasteiger partial charge in [0.05, 0.1) is 11.0 Å². The second-order valence-electron chi connectivity index (χ2n) is 4.82. The third-order valence-electron chi connectivity index (χ3n) is 3.66. The fraction of sp³-hybridized carbons (Fsp3) is 0. The summed E-state index contributed by atoms with van der Waals surface area (Å²) in [6.07, 6.45) is 0. The molecular weight excluding hydrogens is 310 g/mol. The van der Waals surface area contributed by atoms with Crippen LogP contribution in [0.3, 0.4) is 0 Å². The Labute approximate surface area is 125 Å². The second-order valence-corrected chi connectivity index (χ2v) is 5.68. The number of fused-ring (bicyclic) bond motifs is 3. The molecule has 0 N–H and O–H groups in total. The molecule has 3 aromatic carbocycles. The number of aromatic nitrogens is 1. The van der Waals surface area contributed by atoms with Gasteiger partial charge in [0.15, 0.2) is 0 Å². The maximum atomic E-state index is 3.69. The Bertz CT molecular complexity index is 907. The minimum absolute atomic E-state index is 1.14. The quantitative estimate of drug-likeness (QED) is 0.433. The maximum absolute atomic E-state index is 3.69. The molecule has 0 saturated carbocycles. The minimum atomic E-state index is 1.14. The van der Waals surface area contributed by atoms with Gasteiger partial charge in [-0.15, -0.1) is 0 Å². The highest BCUT2D eigenvalue weighted by Gasteiger charge is 2.13. The van der Waals surface area contributed by atoms with Crippen LogP contribution >= 0.6 is 15.9 Å². The van der Waals surface area contributed by atoms with Gasteiger partial charge in [0.2, 0.25) is 0 Å². The van der Waals surface area contributed by atoms with E-state index in [2.05, 4.69) is 87.2 Å². The van der Waals surface area contributed by atoms with E-state index in [1.54, 1.807) is 0 Å². The molecule has 96 valence electrons. The average molecular weight is 322 g/mol. The Balaban J connectivity index is 2.26. The van der Waals surface area contributed by atoms with E-state index in [4.69, 9.17) is 0 Å². The Hall–Kier alpha value is -2.06. The van der Waals surface area contributed by atoms with Crippen molar-refractivity contribution in [2.75, 3.05) is 0 Å². The summed E-state index contributed by atoms with van der Waals surface area (Å²) < 4.78 is 3.45. The van der Waals surface area contributed by atoms with E-state index < -0.39 is 0 Å². The van der Waals surface area contributed by atoms with Crippen LogP contribution in [0.25, 0.3) is 27.5 Å². The monoisotopic (exact) mass is 321 g/mol. The van der Waals surface area contributed by atoms with E-state index in [1.807, 2.05) is 6.07 Å². The predicted molar refractivity (Wildman–Crippen MR) is 88.5 cm³/mol. The molecule has 0 aliphatic heterocycles. The van der Waals surface area contributed by atoms with Gasteiger partial charge in [-0.25, -0.2) is 0 Å².